The summed E-state index contributed by atoms with van der Waals surface area (Å²) in [5.74, 6) is 0.0480. The number of likely N-dealkylation sites (tertiary alicyclic amines) is 1. The molecule has 1 unspecified atom stereocenters. The van der Waals surface area contributed by atoms with E-state index in [1.54, 1.807) is 12.4 Å². The van der Waals surface area contributed by atoms with E-state index in [9.17, 15) is 9.59 Å². The Morgan fingerprint density at radius 3 is 2.63 bits per heavy atom. The summed E-state index contributed by atoms with van der Waals surface area (Å²) >= 11 is 0. The van der Waals surface area contributed by atoms with E-state index in [1.807, 2.05) is 59.5 Å². The number of carbonyl (C=O) groups excluding carboxylic acids is 2. The van der Waals surface area contributed by atoms with Crippen LogP contribution in [0.2, 0.25) is 0 Å². The van der Waals surface area contributed by atoms with Gasteiger partial charge in [-0.2, -0.15) is 0 Å². The minimum absolute atomic E-state index is 0.0541. The van der Waals surface area contributed by atoms with Crippen molar-refractivity contribution in [2.45, 2.75) is 25.7 Å². The minimum Gasteiger partial charge on any atom is -0.338 e. The van der Waals surface area contributed by atoms with Crippen LogP contribution in [0.3, 0.4) is 0 Å². The first-order valence-corrected chi connectivity index (χ1v) is 10.1. The number of piperidine rings is 1. The lowest BCUT2D eigenvalue weighted by molar-refractivity contribution is -0.114. The van der Waals surface area contributed by atoms with Crippen LogP contribution in [0.15, 0.2) is 67.0 Å². The summed E-state index contributed by atoms with van der Waals surface area (Å²) in [5, 5.41) is 2.81. The molecule has 0 radical (unpaired) electrons. The normalized spacial score (nSPS) is 16.2. The molecule has 2 aromatic carbocycles. The molecular formula is C24H24N4O2. The molecule has 2 amide bonds. The number of anilines is 1. The summed E-state index contributed by atoms with van der Waals surface area (Å²) in [6.07, 6.45) is 5.26. The third kappa shape index (κ3) is 4.38. The number of hydrogen-bond acceptors (Lipinski definition) is 4. The van der Waals surface area contributed by atoms with Gasteiger partial charge in [0.05, 0.1) is 11.4 Å². The zero-order chi connectivity index (χ0) is 20.9. The molecule has 1 atom stereocenters. The monoisotopic (exact) mass is 400 g/mol. The molecule has 1 aromatic heterocycles. The molecule has 3 aromatic rings. The number of amides is 2. The highest BCUT2D eigenvalue weighted by Gasteiger charge is 2.28. The maximum Gasteiger partial charge on any atom is 0.253 e. The van der Waals surface area contributed by atoms with Gasteiger partial charge in [0.2, 0.25) is 5.91 Å². The van der Waals surface area contributed by atoms with Crippen LogP contribution in [0.25, 0.3) is 11.3 Å². The van der Waals surface area contributed by atoms with E-state index in [-0.39, 0.29) is 17.7 Å². The van der Waals surface area contributed by atoms with Crippen LogP contribution >= 0.6 is 0 Å². The molecule has 2 heterocycles. The highest BCUT2D eigenvalue weighted by molar-refractivity contribution is 5.94. The van der Waals surface area contributed by atoms with E-state index in [0.29, 0.717) is 12.1 Å². The van der Waals surface area contributed by atoms with Gasteiger partial charge >= 0.3 is 0 Å². The van der Waals surface area contributed by atoms with Crippen molar-refractivity contribution in [3.05, 3.63) is 78.2 Å². The summed E-state index contributed by atoms with van der Waals surface area (Å²) in [6, 6.07) is 17.0. The highest BCUT2D eigenvalue weighted by atomic mass is 16.2. The van der Waals surface area contributed by atoms with Gasteiger partial charge in [-0.1, -0.05) is 30.3 Å². The lowest BCUT2D eigenvalue weighted by atomic mass is 9.91. The van der Waals surface area contributed by atoms with Crippen molar-refractivity contribution in [1.29, 1.82) is 0 Å². The predicted molar refractivity (Wildman–Crippen MR) is 116 cm³/mol. The molecule has 4 rings (SSSR count). The molecular weight excluding hydrogens is 376 g/mol. The van der Waals surface area contributed by atoms with Crippen molar-refractivity contribution in [2.75, 3.05) is 18.4 Å². The van der Waals surface area contributed by atoms with Crippen LogP contribution in [0.4, 0.5) is 5.69 Å². The molecule has 0 aliphatic carbocycles. The molecule has 6 nitrogen and oxygen atoms in total. The second-order valence-electron chi connectivity index (χ2n) is 7.51. The van der Waals surface area contributed by atoms with Gasteiger partial charge < -0.3 is 10.2 Å². The van der Waals surface area contributed by atoms with Gasteiger partial charge in [0, 0.05) is 55.1 Å². The van der Waals surface area contributed by atoms with Crippen molar-refractivity contribution in [3.63, 3.8) is 0 Å². The third-order valence-corrected chi connectivity index (χ3v) is 5.30. The number of nitrogens with one attached hydrogen (secondary N) is 1. The van der Waals surface area contributed by atoms with Crippen molar-refractivity contribution in [2.24, 2.45) is 0 Å². The number of benzene rings is 2. The van der Waals surface area contributed by atoms with Crippen molar-refractivity contribution < 1.29 is 9.59 Å². The fraction of sp³-hybridized carbons (Fsp3) is 0.250. The largest absolute Gasteiger partial charge is 0.338 e. The highest BCUT2D eigenvalue weighted by Crippen LogP contribution is 2.33. The molecule has 6 heteroatoms. The van der Waals surface area contributed by atoms with Crippen molar-refractivity contribution in [3.8, 4) is 11.3 Å². The Kier molecular flexibility index (Phi) is 5.84. The van der Waals surface area contributed by atoms with Crippen LogP contribution in [0.1, 0.15) is 41.7 Å². The fourth-order valence-corrected chi connectivity index (χ4v) is 3.97. The molecule has 152 valence electrons. The van der Waals surface area contributed by atoms with Gasteiger partial charge in [0.25, 0.3) is 5.91 Å². The van der Waals surface area contributed by atoms with Gasteiger partial charge in [-0.05, 0) is 37.1 Å². The summed E-state index contributed by atoms with van der Waals surface area (Å²) in [7, 11) is 0. The lowest BCUT2D eigenvalue weighted by Gasteiger charge is -2.33. The lowest BCUT2D eigenvalue weighted by Crippen LogP contribution is -2.39. The first kappa shape index (κ1) is 19.8. The Balaban J connectivity index is 1.61. The molecule has 1 N–H and O–H groups in total. The Morgan fingerprint density at radius 2 is 1.83 bits per heavy atom. The van der Waals surface area contributed by atoms with Crippen LogP contribution in [-0.2, 0) is 4.79 Å². The Hall–Kier alpha value is -3.54. The van der Waals surface area contributed by atoms with E-state index in [4.69, 9.17) is 0 Å². The molecule has 0 bridgehead atoms. The predicted octanol–water partition coefficient (Wildman–Crippen LogP) is 4.12. The topological polar surface area (TPSA) is 75.2 Å². The van der Waals surface area contributed by atoms with Gasteiger partial charge in [-0.25, -0.2) is 0 Å². The first-order chi connectivity index (χ1) is 14.6. The maximum atomic E-state index is 12.9. The number of carbonyl (C=O) groups is 2. The Labute approximate surface area is 176 Å². The molecule has 1 fully saturated rings. The summed E-state index contributed by atoms with van der Waals surface area (Å²) in [4.78, 5) is 35.5. The maximum absolute atomic E-state index is 12.9. The van der Waals surface area contributed by atoms with Crippen LogP contribution < -0.4 is 5.32 Å². The Morgan fingerprint density at radius 1 is 1.03 bits per heavy atom. The zero-order valence-corrected chi connectivity index (χ0v) is 16.9. The number of rotatable bonds is 4. The quantitative estimate of drug-likeness (QED) is 0.715. The van der Waals surface area contributed by atoms with Crippen LogP contribution in [-0.4, -0.2) is 39.8 Å². The van der Waals surface area contributed by atoms with E-state index < -0.39 is 0 Å². The van der Waals surface area contributed by atoms with Gasteiger partial charge in [-0.3, -0.25) is 19.6 Å². The minimum atomic E-state index is -0.117. The smallest absolute Gasteiger partial charge is 0.253 e. The fourth-order valence-electron chi connectivity index (χ4n) is 3.97. The average molecular weight is 400 g/mol. The summed E-state index contributed by atoms with van der Waals surface area (Å²) in [5.41, 5.74) is 4.02. The van der Waals surface area contributed by atoms with Gasteiger partial charge in [-0.15, -0.1) is 0 Å². The average Bonchev–Trinajstić information content (AvgIpc) is 2.79. The van der Waals surface area contributed by atoms with E-state index in [0.717, 1.165) is 42.0 Å². The number of nitrogens with zero attached hydrogens (tertiary/aromatic N) is 3. The second kappa shape index (κ2) is 8.86. The SMILES string of the molecule is CC(=O)Nc1cccc(-c2nccnc2C2CCCN(C(=O)c3ccccc3)C2)c1. The summed E-state index contributed by atoms with van der Waals surface area (Å²) < 4.78 is 0. The van der Waals surface area contributed by atoms with Gasteiger partial charge in [0.1, 0.15) is 0 Å². The Bertz CT molecular complexity index is 1050. The van der Waals surface area contributed by atoms with Crippen molar-refractivity contribution in [1.82, 2.24) is 14.9 Å². The molecule has 0 saturated carbocycles. The van der Waals surface area contributed by atoms with Crippen molar-refractivity contribution >= 4 is 17.5 Å². The number of hydrogen-bond donors (Lipinski definition) is 1. The summed E-state index contributed by atoms with van der Waals surface area (Å²) in [6.45, 7) is 2.85. The second-order valence-corrected chi connectivity index (χ2v) is 7.51. The first-order valence-electron chi connectivity index (χ1n) is 10.1. The standard InChI is InChI=1S/C24H24N4O2/c1-17(29)27-21-11-5-9-19(15-21)22-23(26-13-12-25-22)20-10-6-14-28(16-20)24(30)18-7-3-2-4-8-18/h2-5,7-9,11-13,15,20H,6,10,14,16H2,1H3,(H,27,29). The molecule has 1 aliphatic rings. The van der Waals surface area contributed by atoms with E-state index >= 15 is 0 Å². The molecule has 1 saturated heterocycles. The molecule has 0 spiro atoms. The molecule has 30 heavy (non-hydrogen) atoms. The molecule has 1 aliphatic heterocycles. The zero-order valence-electron chi connectivity index (χ0n) is 16.9. The third-order valence-electron chi connectivity index (χ3n) is 5.30. The van der Waals surface area contributed by atoms with Crippen LogP contribution in [0, 0.1) is 0 Å². The number of aromatic nitrogens is 2. The van der Waals surface area contributed by atoms with Gasteiger partial charge in [0.15, 0.2) is 0 Å². The van der Waals surface area contributed by atoms with Crippen LogP contribution in [0.5, 0.6) is 0 Å². The van der Waals surface area contributed by atoms with E-state index in [2.05, 4.69) is 15.3 Å². The van der Waals surface area contributed by atoms with E-state index in [1.165, 1.54) is 6.92 Å².